The minimum Gasteiger partial charge on any atom is -0.545 e. The number of pyridine rings is 1. The predicted octanol–water partition coefficient (Wildman–Crippen LogP) is 4.55. The maximum absolute atomic E-state index is 10.9. The number of carboxylic acids is 1. The van der Waals surface area contributed by atoms with Crippen molar-refractivity contribution in [3.8, 4) is 17.6 Å². The van der Waals surface area contributed by atoms with E-state index in [9.17, 15) is 15.2 Å². The molecule has 0 atom stereocenters. The Hall–Kier alpha value is -3.82. The summed E-state index contributed by atoms with van der Waals surface area (Å²) in [5.41, 5.74) is 1.74. The Morgan fingerprint density at radius 3 is 2.50 bits per heavy atom. The van der Waals surface area contributed by atoms with Crippen LogP contribution in [0.4, 0.5) is 0 Å². The van der Waals surface area contributed by atoms with Crippen molar-refractivity contribution >= 4 is 28.5 Å². The van der Waals surface area contributed by atoms with E-state index in [0.29, 0.717) is 22.8 Å². The van der Waals surface area contributed by atoms with Gasteiger partial charge in [0, 0.05) is 22.7 Å². The van der Waals surface area contributed by atoms with Crippen LogP contribution < -0.4 is 9.84 Å². The van der Waals surface area contributed by atoms with Crippen LogP contribution in [0.25, 0.3) is 10.8 Å². The molecule has 0 aliphatic rings. The molecular formula is C24H15N2O3S-. The first-order valence-corrected chi connectivity index (χ1v) is 10.1. The number of hydrogen-bond donors (Lipinski definition) is 0. The van der Waals surface area contributed by atoms with Crippen LogP contribution in [0.5, 0.6) is 11.5 Å². The lowest BCUT2D eigenvalue weighted by atomic mass is 10.0. The number of aromatic carboxylic acids is 1. The number of benzene rings is 3. The maximum Gasteiger partial charge on any atom is 0.159 e. The first-order chi connectivity index (χ1) is 14.7. The third kappa shape index (κ3) is 4.12. The van der Waals surface area contributed by atoms with Gasteiger partial charge in [-0.2, -0.15) is 5.26 Å². The number of aromatic nitrogens is 1. The minimum absolute atomic E-state index is 0.157. The molecule has 0 amide bonds. The second-order valence-corrected chi connectivity index (χ2v) is 7.48. The lowest BCUT2D eigenvalue weighted by molar-refractivity contribution is -0.255. The molecule has 0 aliphatic carbocycles. The molecule has 0 unspecified atom stereocenters. The molecule has 0 radical (unpaired) electrons. The van der Waals surface area contributed by atoms with Crippen LogP contribution >= 0.6 is 11.8 Å². The van der Waals surface area contributed by atoms with Crippen molar-refractivity contribution in [3.63, 3.8) is 0 Å². The lowest BCUT2D eigenvalue weighted by Crippen LogP contribution is -2.21. The highest BCUT2D eigenvalue weighted by Crippen LogP contribution is 2.37. The number of carboxylic acid groups (broad SMARTS) is 1. The number of nitrogens with zero attached hydrogens (tertiary/aromatic N) is 2. The lowest BCUT2D eigenvalue weighted by Gasteiger charge is -2.13. The van der Waals surface area contributed by atoms with Crippen LogP contribution in [0.3, 0.4) is 0 Å². The Kier molecular flexibility index (Phi) is 5.64. The Morgan fingerprint density at radius 1 is 1.00 bits per heavy atom. The minimum atomic E-state index is -1.19. The van der Waals surface area contributed by atoms with E-state index in [2.05, 4.69) is 11.1 Å². The van der Waals surface area contributed by atoms with E-state index < -0.39 is 5.97 Å². The zero-order valence-corrected chi connectivity index (χ0v) is 16.6. The van der Waals surface area contributed by atoms with Crippen molar-refractivity contribution in [2.24, 2.45) is 0 Å². The Labute approximate surface area is 177 Å². The van der Waals surface area contributed by atoms with Crippen LogP contribution in [0.2, 0.25) is 0 Å². The highest BCUT2D eigenvalue weighted by atomic mass is 32.2. The van der Waals surface area contributed by atoms with E-state index in [1.165, 1.54) is 12.1 Å². The highest BCUT2D eigenvalue weighted by molar-refractivity contribution is 7.98. The second-order valence-electron chi connectivity index (χ2n) is 6.47. The molecule has 0 spiro atoms. The molecule has 0 N–H and O–H groups in total. The number of ether oxygens (including phenoxy) is 1. The number of rotatable bonds is 6. The van der Waals surface area contributed by atoms with Gasteiger partial charge in [0.05, 0.1) is 28.7 Å². The molecule has 1 heterocycles. The first kappa shape index (κ1) is 19.5. The Morgan fingerprint density at radius 2 is 1.77 bits per heavy atom. The fraction of sp³-hybridized carbons (Fsp3) is 0.0417. The average molecular weight is 411 g/mol. The van der Waals surface area contributed by atoms with Gasteiger partial charge in [-0.25, -0.2) is 0 Å². The van der Waals surface area contributed by atoms with E-state index in [1.807, 2.05) is 30.3 Å². The van der Waals surface area contributed by atoms with Gasteiger partial charge in [0.2, 0.25) is 0 Å². The number of carbonyl (C=O) groups excluding carboxylic acids is 1. The summed E-state index contributed by atoms with van der Waals surface area (Å²) in [5, 5.41) is 21.9. The van der Waals surface area contributed by atoms with Gasteiger partial charge in [-0.15, -0.1) is 11.8 Å². The number of thioether (sulfide) groups is 1. The maximum atomic E-state index is 10.9. The summed E-state index contributed by atoms with van der Waals surface area (Å²) in [7, 11) is 0. The Balaban J connectivity index is 1.58. The third-order valence-corrected chi connectivity index (χ3v) is 5.68. The van der Waals surface area contributed by atoms with Gasteiger partial charge in [0.25, 0.3) is 0 Å². The molecule has 4 rings (SSSR count). The molecule has 1 aromatic heterocycles. The van der Waals surface area contributed by atoms with Crippen molar-refractivity contribution in [1.82, 2.24) is 4.98 Å². The largest absolute Gasteiger partial charge is 0.545 e. The number of fused-ring (bicyclic) bond motifs is 1. The summed E-state index contributed by atoms with van der Waals surface area (Å²) >= 11 is 1.57. The number of hydrogen-bond acceptors (Lipinski definition) is 6. The molecule has 3 aromatic carbocycles. The molecule has 0 saturated heterocycles. The fourth-order valence-corrected chi connectivity index (χ4v) is 3.95. The van der Waals surface area contributed by atoms with Gasteiger partial charge in [-0.1, -0.05) is 48.5 Å². The Bertz CT molecular complexity index is 1260. The summed E-state index contributed by atoms with van der Waals surface area (Å²) in [6.07, 6.45) is 3.36. The van der Waals surface area contributed by atoms with Gasteiger partial charge in [0.15, 0.2) is 5.75 Å². The van der Waals surface area contributed by atoms with Crippen LogP contribution in [-0.2, 0) is 5.75 Å². The smallest absolute Gasteiger partial charge is 0.159 e. The van der Waals surface area contributed by atoms with Gasteiger partial charge in [-0.3, -0.25) is 4.98 Å². The van der Waals surface area contributed by atoms with Gasteiger partial charge in [0.1, 0.15) is 5.75 Å². The molecule has 6 heteroatoms. The zero-order valence-electron chi connectivity index (χ0n) is 15.7. The van der Waals surface area contributed by atoms with Gasteiger partial charge < -0.3 is 14.6 Å². The standard InChI is InChI=1S/C24H16N2O3S/c25-13-18-9-10-21(20-4-2-1-3-19(18)20)29-22-14-26-12-11-23(22)30-15-16-5-7-17(8-6-16)24(27)28/h1-12,14H,15H2,(H,27,28)/p-1. The van der Waals surface area contributed by atoms with E-state index in [1.54, 1.807) is 48.4 Å². The molecule has 0 fully saturated rings. The normalized spacial score (nSPS) is 10.5. The van der Waals surface area contributed by atoms with E-state index in [4.69, 9.17) is 4.74 Å². The van der Waals surface area contributed by atoms with E-state index in [0.717, 1.165) is 21.2 Å². The predicted molar refractivity (Wildman–Crippen MR) is 113 cm³/mol. The quantitative estimate of drug-likeness (QED) is 0.433. The van der Waals surface area contributed by atoms with Crippen LogP contribution in [0, 0.1) is 11.3 Å². The van der Waals surface area contributed by atoms with E-state index >= 15 is 0 Å². The first-order valence-electron chi connectivity index (χ1n) is 9.12. The molecule has 5 nitrogen and oxygen atoms in total. The summed E-state index contributed by atoms with van der Waals surface area (Å²) in [6.45, 7) is 0. The van der Waals surface area contributed by atoms with Crippen molar-refractivity contribution in [2.45, 2.75) is 10.6 Å². The van der Waals surface area contributed by atoms with Gasteiger partial charge in [-0.05, 0) is 29.3 Å². The highest BCUT2D eigenvalue weighted by Gasteiger charge is 2.11. The zero-order chi connectivity index (χ0) is 20.9. The topological polar surface area (TPSA) is 86.0 Å². The summed E-state index contributed by atoms with van der Waals surface area (Å²) in [4.78, 5) is 16.0. The van der Waals surface area contributed by atoms with Crippen molar-refractivity contribution in [2.75, 3.05) is 0 Å². The van der Waals surface area contributed by atoms with E-state index in [-0.39, 0.29) is 5.56 Å². The van der Waals surface area contributed by atoms with Gasteiger partial charge >= 0.3 is 0 Å². The van der Waals surface area contributed by atoms with Crippen LogP contribution in [0.1, 0.15) is 21.5 Å². The van der Waals surface area contributed by atoms with Crippen molar-refractivity contribution in [1.29, 1.82) is 5.26 Å². The van der Waals surface area contributed by atoms with Crippen LogP contribution in [0.15, 0.2) is 84.0 Å². The molecule has 146 valence electrons. The molecule has 4 aromatic rings. The fourth-order valence-electron chi connectivity index (χ4n) is 3.04. The molecule has 0 bridgehead atoms. The summed E-state index contributed by atoms with van der Waals surface area (Å²) < 4.78 is 6.18. The summed E-state index contributed by atoms with van der Waals surface area (Å²) in [6, 6.07) is 21.9. The average Bonchev–Trinajstić information content (AvgIpc) is 2.79. The second kappa shape index (κ2) is 8.68. The number of carbonyl (C=O) groups is 1. The van der Waals surface area contributed by atoms with Crippen molar-refractivity contribution in [3.05, 3.63) is 95.8 Å². The molecule has 0 aliphatic heterocycles. The molecular weight excluding hydrogens is 396 g/mol. The monoisotopic (exact) mass is 411 g/mol. The summed E-state index contributed by atoms with van der Waals surface area (Å²) in [5.74, 6) is 0.720. The number of nitriles is 1. The molecule has 30 heavy (non-hydrogen) atoms. The third-order valence-electron chi connectivity index (χ3n) is 4.56. The SMILES string of the molecule is N#Cc1ccc(Oc2cnccc2SCc2ccc(C(=O)[O-])cc2)c2ccccc12. The van der Waals surface area contributed by atoms with Crippen molar-refractivity contribution < 1.29 is 14.6 Å². The molecule has 0 saturated carbocycles. The van der Waals surface area contributed by atoms with Crippen LogP contribution in [-0.4, -0.2) is 11.0 Å².